The van der Waals surface area contributed by atoms with Crippen LogP contribution in [-0.4, -0.2) is 11.7 Å². The Morgan fingerprint density at radius 1 is 0.628 bits per heavy atom. The highest BCUT2D eigenvalue weighted by Gasteiger charge is 2.45. The molecule has 0 fully saturated rings. The van der Waals surface area contributed by atoms with Crippen molar-refractivity contribution in [2.24, 2.45) is 5.41 Å². The molecule has 1 unspecified atom stereocenters. The maximum Gasteiger partial charge on any atom is 0.119 e. The summed E-state index contributed by atoms with van der Waals surface area (Å²) in [5.74, 6) is 1.45. The number of hydrogen-bond donors (Lipinski definition) is 1. The highest BCUT2D eigenvalue weighted by Crippen LogP contribution is 2.56. The molecule has 2 heteroatoms. The molecule has 0 aromatic heterocycles. The lowest BCUT2D eigenvalue weighted by Gasteiger charge is -2.34. The molecule has 6 aromatic carbocycles. The van der Waals surface area contributed by atoms with E-state index in [2.05, 4.69) is 148 Å². The van der Waals surface area contributed by atoms with Crippen LogP contribution in [0.1, 0.15) is 54.5 Å². The van der Waals surface area contributed by atoms with Crippen LogP contribution in [0.4, 0.5) is 0 Å². The smallest absolute Gasteiger partial charge is 0.119 e. The Hall–Kier alpha value is -4.82. The van der Waals surface area contributed by atoms with Gasteiger partial charge in [0.05, 0.1) is 12.0 Å². The van der Waals surface area contributed by atoms with Gasteiger partial charge in [-0.25, -0.2) is 0 Å². The maximum atomic E-state index is 10.1. The summed E-state index contributed by atoms with van der Waals surface area (Å²) in [4.78, 5) is 0. The van der Waals surface area contributed by atoms with E-state index in [9.17, 15) is 5.11 Å². The Bertz CT molecular complexity index is 1870. The summed E-state index contributed by atoms with van der Waals surface area (Å²) in [7, 11) is 0. The van der Waals surface area contributed by atoms with Crippen LogP contribution in [0.25, 0.3) is 21.9 Å². The number of rotatable bonds is 7. The van der Waals surface area contributed by atoms with Gasteiger partial charge in [-0.1, -0.05) is 136 Å². The summed E-state index contributed by atoms with van der Waals surface area (Å²) in [6.45, 7) is 7.48. The Kier molecular flexibility index (Phi) is 6.58. The van der Waals surface area contributed by atoms with Crippen molar-refractivity contribution in [1.82, 2.24) is 0 Å². The lowest BCUT2D eigenvalue weighted by Crippen LogP contribution is -2.29. The summed E-state index contributed by atoms with van der Waals surface area (Å²) >= 11 is 0. The van der Waals surface area contributed by atoms with Crippen molar-refractivity contribution in [1.29, 1.82) is 0 Å². The van der Waals surface area contributed by atoms with Gasteiger partial charge < -0.3 is 9.84 Å². The molecule has 0 saturated heterocycles. The van der Waals surface area contributed by atoms with E-state index in [1.165, 1.54) is 44.2 Å². The average Bonchev–Trinajstić information content (AvgIpc) is 3.35. The summed E-state index contributed by atoms with van der Waals surface area (Å²) in [6, 6.07) is 49.0. The molecule has 1 atom stereocenters. The third-order valence-corrected chi connectivity index (χ3v) is 9.60. The van der Waals surface area contributed by atoms with Gasteiger partial charge in [0.1, 0.15) is 11.5 Å². The Balaban J connectivity index is 1.21. The molecule has 0 heterocycles. The summed E-state index contributed by atoms with van der Waals surface area (Å²) in [5, 5.41) is 12.7. The minimum Gasteiger partial charge on any atom is -0.508 e. The van der Waals surface area contributed by atoms with Gasteiger partial charge in [0.15, 0.2) is 0 Å². The molecular formula is C41H36O2. The highest BCUT2D eigenvalue weighted by atomic mass is 16.5. The van der Waals surface area contributed by atoms with E-state index >= 15 is 0 Å². The van der Waals surface area contributed by atoms with Crippen LogP contribution >= 0.6 is 0 Å². The van der Waals surface area contributed by atoms with Crippen LogP contribution in [-0.2, 0) is 5.41 Å². The van der Waals surface area contributed by atoms with Crippen molar-refractivity contribution < 1.29 is 9.84 Å². The van der Waals surface area contributed by atoms with Crippen LogP contribution in [0.2, 0.25) is 0 Å². The zero-order valence-electron chi connectivity index (χ0n) is 24.9. The van der Waals surface area contributed by atoms with Crippen molar-refractivity contribution in [2.75, 3.05) is 6.61 Å². The molecule has 0 radical (unpaired) electrons. The molecule has 1 aliphatic rings. The second-order valence-electron chi connectivity index (χ2n) is 12.5. The van der Waals surface area contributed by atoms with Gasteiger partial charge in [-0.2, -0.15) is 0 Å². The molecule has 2 nitrogen and oxygen atoms in total. The van der Waals surface area contributed by atoms with E-state index in [0.717, 1.165) is 11.3 Å². The molecule has 6 aromatic rings. The van der Waals surface area contributed by atoms with Crippen LogP contribution in [0.3, 0.4) is 0 Å². The quantitative estimate of drug-likeness (QED) is 0.210. The third-order valence-electron chi connectivity index (χ3n) is 9.60. The van der Waals surface area contributed by atoms with Gasteiger partial charge >= 0.3 is 0 Å². The van der Waals surface area contributed by atoms with Gasteiger partial charge in [-0.05, 0) is 79.9 Å². The molecule has 0 aliphatic heterocycles. The number of benzene rings is 6. The number of aromatic hydroxyl groups is 1. The van der Waals surface area contributed by atoms with Crippen LogP contribution < -0.4 is 4.74 Å². The Morgan fingerprint density at radius 3 is 1.79 bits per heavy atom. The molecule has 1 N–H and O–H groups in total. The molecule has 0 saturated carbocycles. The zero-order valence-corrected chi connectivity index (χ0v) is 24.9. The van der Waals surface area contributed by atoms with E-state index in [-0.39, 0.29) is 11.2 Å². The van der Waals surface area contributed by atoms with Crippen molar-refractivity contribution in [3.8, 4) is 22.6 Å². The molecule has 43 heavy (non-hydrogen) atoms. The number of hydrogen-bond acceptors (Lipinski definition) is 2. The SMILES string of the molecule is CC(c1ccc2ccccc2c1)C(C)(C)COc1ccc(C2(c3ccc(O)cc3)c3ccccc3-c3ccccc32)cc1. The monoisotopic (exact) mass is 560 g/mol. The van der Waals surface area contributed by atoms with Crippen molar-refractivity contribution in [3.63, 3.8) is 0 Å². The van der Waals surface area contributed by atoms with Gasteiger partial charge in [0.25, 0.3) is 0 Å². The third kappa shape index (κ3) is 4.49. The molecule has 1 aliphatic carbocycles. The van der Waals surface area contributed by atoms with Gasteiger partial charge in [-0.15, -0.1) is 0 Å². The van der Waals surface area contributed by atoms with Gasteiger partial charge in [0, 0.05) is 5.41 Å². The topological polar surface area (TPSA) is 29.5 Å². The number of fused-ring (bicyclic) bond motifs is 4. The zero-order chi connectivity index (χ0) is 29.6. The Labute approximate surface area is 254 Å². The fraction of sp³-hybridized carbons (Fsp3) is 0.171. The van der Waals surface area contributed by atoms with E-state index in [1.54, 1.807) is 12.1 Å². The molecule has 0 amide bonds. The number of ether oxygens (including phenoxy) is 1. The lowest BCUT2D eigenvalue weighted by molar-refractivity contribution is 0.155. The lowest BCUT2D eigenvalue weighted by atomic mass is 9.68. The van der Waals surface area contributed by atoms with Crippen LogP contribution in [0.5, 0.6) is 11.5 Å². The summed E-state index contributed by atoms with van der Waals surface area (Å²) in [6.07, 6.45) is 0. The fourth-order valence-corrected chi connectivity index (χ4v) is 6.86. The van der Waals surface area contributed by atoms with E-state index in [1.807, 2.05) is 0 Å². The minimum atomic E-state index is -0.497. The Morgan fingerprint density at radius 2 is 1.16 bits per heavy atom. The minimum absolute atomic E-state index is 0.0717. The van der Waals surface area contributed by atoms with Gasteiger partial charge in [0.2, 0.25) is 0 Å². The predicted molar refractivity (Wildman–Crippen MR) is 177 cm³/mol. The van der Waals surface area contributed by atoms with E-state index in [0.29, 0.717) is 12.5 Å². The number of phenols is 1. The van der Waals surface area contributed by atoms with E-state index in [4.69, 9.17) is 4.74 Å². The molecular weight excluding hydrogens is 524 g/mol. The molecule has 7 rings (SSSR count). The van der Waals surface area contributed by atoms with Crippen molar-refractivity contribution >= 4 is 10.8 Å². The standard InChI is InChI=1S/C41H36O2/c1-28(30-17-16-29-10-4-5-11-31(29)26-30)40(2,3)27-43-35-24-20-33(21-25-35)41(32-18-22-34(42)23-19-32)38-14-8-6-12-36(38)37-13-7-9-15-39(37)41/h4-26,28,42H,27H2,1-3H3. The maximum absolute atomic E-state index is 10.1. The first-order valence-corrected chi connectivity index (χ1v) is 15.1. The van der Waals surface area contributed by atoms with Crippen molar-refractivity contribution in [3.05, 3.63) is 167 Å². The van der Waals surface area contributed by atoms with Gasteiger partial charge in [-0.3, -0.25) is 0 Å². The predicted octanol–water partition coefficient (Wildman–Crippen LogP) is 10.1. The molecule has 0 bridgehead atoms. The van der Waals surface area contributed by atoms with Crippen LogP contribution in [0.15, 0.2) is 140 Å². The molecule has 0 spiro atoms. The number of phenolic OH excluding ortho intramolecular Hbond substituents is 1. The summed E-state index contributed by atoms with van der Waals surface area (Å²) < 4.78 is 6.48. The fourth-order valence-electron chi connectivity index (χ4n) is 6.86. The van der Waals surface area contributed by atoms with Crippen LogP contribution in [0, 0.1) is 5.41 Å². The largest absolute Gasteiger partial charge is 0.508 e. The second kappa shape index (κ2) is 10.5. The first kappa shape index (κ1) is 27.0. The first-order valence-electron chi connectivity index (χ1n) is 15.1. The normalized spacial score (nSPS) is 14.2. The average molecular weight is 561 g/mol. The van der Waals surface area contributed by atoms with Crippen molar-refractivity contribution in [2.45, 2.75) is 32.1 Å². The molecule has 212 valence electrons. The highest BCUT2D eigenvalue weighted by molar-refractivity contribution is 5.86. The van der Waals surface area contributed by atoms with E-state index < -0.39 is 5.41 Å². The summed E-state index contributed by atoms with van der Waals surface area (Å²) in [5.41, 5.74) is 8.06. The second-order valence-corrected chi connectivity index (χ2v) is 12.5. The first-order chi connectivity index (χ1) is 20.9.